The van der Waals surface area contributed by atoms with Crippen LogP contribution in [0.1, 0.15) is 11.4 Å². The van der Waals surface area contributed by atoms with Gasteiger partial charge < -0.3 is 10.3 Å². The minimum absolute atomic E-state index is 0.291. The Labute approximate surface area is 103 Å². The summed E-state index contributed by atoms with van der Waals surface area (Å²) in [6.45, 7) is 3.58. The fourth-order valence-corrected chi connectivity index (χ4v) is 2.29. The van der Waals surface area contributed by atoms with Crippen molar-refractivity contribution in [2.24, 2.45) is 7.05 Å². The molecule has 17 heavy (non-hydrogen) atoms. The molecule has 0 amide bonds. The van der Waals surface area contributed by atoms with Crippen molar-refractivity contribution in [3.8, 4) is 0 Å². The summed E-state index contributed by atoms with van der Waals surface area (Å²) in [5.41, 5.74) is 6.76. The summed E-state index contributed by atoms with van der Waals surface area (Å²) in [5, 5.41) is 8.73. The van der Waals surface area contributed by atoms with E-state index < -0.39 is 0 Å². The highest BCUT2D eigenvalue weighted by molar-refractivity contribution is 7.99. The van der Waals surface area contributed by atoms with Gasteiger partial charge in [0.15, 0.2) is 5.16 Å². The van der Waals surface area contributed by atoms with E-state index in [9.17, 15) is 4.39 Å². The van der Waals surface area contributed by atoms with E-state index >= 15 is 0 Å². The number of hydrogen-bond acceptors (Lipinski definition) is 4. The van der Waals surface area contributed by atoms with Crippen molar-refractivity contribution in [1.29, 1.82) is 0 Å². The Kier molecular flexibility index (Phi) is 3.06. The minimum atomic E-state index is -0.291. The van der Waals surface area contributed by atoms with Gasteiger partial charge in [-0.05, 0) is 43.3 Å². The SMILES string of the molecule is Cc1cc(Sc2nnc(C)n2C)c(N)cc1F. The molecule has 0 fully saturated rings. The van der Waals surface area contributed by atoms with Crippen LogP contribution in [0.3, 0.4) is 0 Å². The minimum Gasteiger partial charge on any atom is -0.398 e. The average Bonchev–Trinajstić information content (AvgIpc) is 2.58. The summed E-state index contributed by atoms with van der Waals surface area (Å²) in [7, 11) is 1.88. The summed E-state index contributed by atoms with van der Waals surface area (Å²) in [4.78, 5) is 0.791. The number of anilines is 1. The fourth-order valence-electron chi connectivity index (χ4n) is 1.33. The first-order valence-electron chi connectivity index (χ1n) is 5.08. The average molecular weight is 252 g/mol. The number of nitrogens with two attached hydrogens (primary N) is 1. The van der Waals surface area contributed by atoms with Crippen LogP contribution in [-0.2, 0) is 7.05 Å². The molecule has 2 N–H and O–H groups in total. The smallest absolute Gasteiger partial charge is 0.195 e. The quantitative estimate of drug-likeness (QED) is 0.833. The summed E-state index contributed by atoms with van der Waals surface area (Å²) in [5.74, 6) is 0.533. The lowest BCUT2D eigenvalue weighted by Crippen LogP contribution is -1.96. The second-order valence-corrected chi connectivity index (χ2v) is 4.84. The number of nitrogen functional groups attached to an aromatic ring is 1. The van der Waals surface area contributed by atoms with Crippen molar-refractivity contribution in [2.75, 3.05) is 5.73 Å². The number of benzene rings is 1. The van der Waals surface area contributed by atoms with E-state index in [1.807, 2.05) is 18.5 Å². The fraction of sp³-hybridized carbons (Fsp3) is 0.273. The molecule has 0 saturated heterocycles. The van der Waals surface area contributed by atoms with Gasteiger partial charge in [0, 0.05) is 17.6 Å². The summed E-state index contributed by atoms with van der Waals surface area (Å²) >= 11 is 1.38. The van der Waals surface area contributed by atoms with Crippen LogP contribution in [-0.4, -0.2) is 14.8 Å². The number of aryl methyl sites for hydroxylation is 2. The third-order valence-corrected chi connectivity index (χ3v) is 3.66. The zero-order valence-electron chi connectivity index (χ0n) is 9.86. The molecule has 1 heterocycles. The third-order valence-electron chi connectivity index (χ3n) is 2.54. The van der Waals surface area contributed by atoms with Gasteiger partial charge >= 0.3 is 0 Å². The highest BCUT2D eigenvalue weighted by atomic mass is 32.2. The maximum absolute atomic E-state index is 13.3. The van der Waals surface area contributed by atoms with E-state index in [0.717, 1.165) is 15.9 Å². The highest BCUT2D eigenvalue weighted by Crippen LogP contribution is 2.32. The van der Waals surface area contributed by atoms with Gasteiger partial charge in [0.05, 0.1) is 0 Å². The molecular formula is C11H13FN4S. The number of rotatable bonds is 2. The van der Waals surface area contributed by atoms with Crippen LogP contribution in [0.4, 0.5) is 10.1 Å². The molecule has 0 aliphatic carbocycles. The molecule has 0 atom stereocenters. The maximum Gasteiger partial charge on any atom is 0.195 e. The molecule has 4 nitrogen and oxygen atoms in total. The van der Waals surface area contributed by atoms with E-state index in [-0.39, 0.29) is 5.82 Å². The molecule has 0 radical (unpaired) electrons. The van der Waals surface area contributed by atoms with Crippen molar-refractivity contribution in [1.82, 2.24) is 14.8 Å². The lowest BCUT2D eigenvalue weighted by Gasteiger charge is -2.07. The first-order chi connectivity index (χ1) is 7.99. The van der Waals surface area contributed by atoms with Crippen LogP contribution in [0.2, 0.25) is 0 Å². The highest BCUT2D eigenvalue weighted by Gasteiger charge is 2.11. The second-order valence-electron chi connectivity index (χ2n) is 3.83. The van der Waals surface area contributed by atoms with Crippen LogP contribution in [0.25, 0.3) is 0 Å². The lowest BCUT2D eigenvalue weighted by molar-refractivity contribution is 0.618. The van der Waals surface area contributed by atoms with Gasteiger partial charge in [-0.2, -0.15) is 0 Å². The van der Waals surface area contributed by atoms with Crippen molar-refractivity contribution in [2.45, 2.75) is 23.9 Å². The predicted octanol–water partition coefficient (Wildman–Crippen LogP) is 2.30. The number of hydrogen-bond donors (Lipinski definition) is 1. The first kappa shape index (κ1) is 11.9. The van der Waals surface area contributed by atoms with Crippen LogP contribution in [0.15, 0.2) is 22.2 Å². The van der Waals surface area contributed by atoms with Gasteiger partial charge in [-0.25, -0.2) is 4.39 Å². The molecule has 2 rings (SSSR count). The zero-order chi connectivity index (χ0) is 12.6. The van der Waals surface area contributed by atoms with Crippen molar-refractivity contribution >= 4 is 17.4 Å². The molecule has 0 aliphatic rings. The largest absolute Gasteiger partial charge is 0.398 e. The van der Waals surface area contributed by atoms with Crippen molar-refractivity contribution in [3.05, 3.63) is 29.3 Å². The Morgan fingerprint density at radius 3 is 2.59 bits per heavy atom. The van der Waals surface area contributed by atoms with Gasteiger partial charge in [-0.3, -0.25) is 0 Å². The molecule has 90 valence electrons. The second kappa shape index (κ2) is 4.37. The Bertz CT molecular complexity index is 565. The Hall–Kier alpha value is -1.56. The molecule has 2 aromatic rings. The Morgan fingerprint density at radius 2 is 2.00 bits per heavy atom. The van der Waals surface area contributed by atoms with Crippen LogP contribution in [0.5, 0.6) is 0 Å². The number of halogens is 1. The van der Waals surface area contributed by atoms with Crippen molar-refractivity contribution in [3.63, 3.8) is 0 Å². The molecule has 1 aromatic carbocycles. The van der Waals surface area contributed by atoms with Gasteiger partial charge in [0.2, 0.25) is 0 Å². The number of nitrogens with zero attached hydrogens (tertiary/aromatic N) is 3. The third kappa shape index (κ3) is 2.26. The van der Waals surface area contributed by atoms with Crippen molar-refractivity contribution < 1.29 is 4.39 Å². The van der Waals surface area contributed by atoms with E-state index in [2.05, 4.69) is 10.2 Å². The molecule has 0 aliphatic heterocycles. The molecule has 0 bridgehead atoms. The van der Waals surface area contributed by atoms with E-state index in [1.165, 1.54) is 17.8 Å². The first-order valence-corrected chi connectivity index (χ1v) is 5.90. The molecular weight excluding hydrogens is 239 g/mol. The standard InChI is InChI=1S/C11H13FN4S/c1-6-4-10(9(13)5-8(6)12)17-11-15-14-7(2)16(11)3/h4-5H,13H2,1-3H3. The number of aromatic nitrogens is 3. The van der Waals surface area contributed by atoms with Gasteiger partial charge in [-0.1, -0.05) is 0 Å². The van der Waals surface area contributed by atoms with E-state index in [0.29, 0.717) is 11.3 Å². The monoisotopic (exact) mass is 252 g/mol. The molecule has 0 spiro atoms. The lowest BCUT2D eigenvalue weighted by atomic mass is 10.2. The molecule has 6 heteroatoms. The maximum atomic E-state index is 13.3. The summed E-state index contributed by atoms with van der Waals surface area (Å²) in [6, 6.07) is 3.06. The normalized spacial score (nSPS) is 10.8. The Morgan fingerprint density at radius 1 is 1.29 bits per heavy atom. The van der Waals surface area contributed by atoms with Crippen LogP contribution < -0.4 is 5.73 Å². The van der Waals surface area contributed by atoms with E-state index in [4.69, 9.17) is 5.73 Å². The zero-order valence-corrected chi connectivity index (χ0v) is 10.7. The Balaban J connectivity index is 2.36. The van der Waals surface area contributed by atoms with Gasteiger partial charge in [0.1, 0.15) is 11.6 Å². The van der Waals surface area contributed by atoms with Crippen LogP contribution >= 0.6 is 11.8 Å². The van der Waals surface area contributed by atoms with Gasteiger partial charge in [0.25, 0.3) is 0 Å². The van der Waals surface area contributed by atoms with E-state index in [1.54, 1.807) is 13.0 Å². The molecule has 0 saturated carbocycles. The summed E-state index contributed by atoms with van der Waals surface area (Å²) in [6.07, 6.45) is 0. The van der Waals surface area contributed by atoms with Crippen LogP contribution in [0, 0.1) is 19.7 Å². The van der Waals surface area contributed by atoms with Gasteiger partial charge in [-0.15, -0.1) is 10.2 Å². The topological polar surface area (TPSA) is 56.7 Å². The predicted molar refractivity (Wildman–Crippen MR) is 65.4 cm³/mol. The molecule has 0 unspecified atom stereocenters. The molecule has 1 aromatic heterocycles. The summed E-state index contributed by atoms with van der Waals surface area (Å²) < 4.78 is 15.1.